The highest BCUT2D eigenvalue weighted by atomic mass is 35.5. The van der Waals surface area contributed by atoms with E-state index in [0.717, 1.165) is 11.1 Å². The van der Waals surface area contributed by atoms with E-state index in [1.165, 1.54) is 16.7 Å². The molecule has 1 fully saturated rings. The lowest BCUT2D eigenvalue weighted by atomic mass is 10.1. The first kappa shape index (κ1) is 29.6. The van der Waals surface area contributed by atoms with E-state index in [-0.39, 0.29) is 25.0 Å². The van der Waals surface area contributed by atoms with Gasteiger partial charge in [-0.2, -0.15) is 5.10 Å². The normalized spacial score (nSPS) is 15.5. The van der Waals surface area contributed by atoms with E-state index in [4.69, 9.17) is 20.8 Å². The van der Waals surface area contributed by atoms with Gasteiger partial charge in [0.15, 0.2) is 11.8 Å². The SMILES string of the molecule is CC(/C=N\N=C1\S/C(=C\c2ccccc2OCC(=O)Nc2ccc(Cl)cc2)C(=O)N1Cc1ccco1)=C\c1ccccc1. The number of thioether (sulfide) groups is 1. The monoisotopic (exact) mass is 610 g/mol. The quantitative estimate of drug-likeness (QED) is 0.114. The Morgan fingerprint density at radius 2 is 1.79 bits per heavy atom. The summed E-state index contributed by atoms with van der Waals surface area (Å²) in [5.74, 6) is 0.492. The molecule has 1 aliphatic rings. The average Bonchev–Trinajstić information content (AvgIpc) is 3.63. The van der Waals surface area contributed by atoms with Gasteiger partial charge in [-0.05, 0) is 78.4 Å². The number of amidine groups is 1. The number of anilines is 1. The molecule has 0 radical (unpaired) electrons. The molecule has 0 aliphatic carbocycles. The smallest absolute Gasteiger partial charge is 0.267 e. The van der Waals surface area contributed by atoms with Crippen LogP contribution in [0.25, 0.3) is 12.2 Å². The third-order valence-electron chi connectivity index (χ3n) is 6.07. The van der Waals surface area contributed by atoms with Crippen LogP contribution >= 0.6 is 23.4 Å². The molecule has 2 heterocycles. The first-order chi connectivity index (χ1) is 20.9. The van der Waals surface area contributed by atoms with Crippen LogP contribution in [0.3, 0.4) is 0 Å². The van der Waals surface area contributed by atoms with Crippen molar-refractivity contribution in [3.63, 3.8) is 0 Å². The fourth-order valence-electron chi connectivity index (χ4n) is 4.05. The zero-order valence-electron chi connectivity index (χ0n) is 23.1. The Bertz CT molecular complexity index is 1700. The van der Waals surface area contributed by atoms with Gasteiger partial charge >= 0.3 is 0 Å². The predicted octanol–water partition coefficient (Wildman–Crippen LogP) is 7.51. The Labute approximate surface area is 258 Å². The Balaban J connectivity index is 1.33. The maximum atomic E-state index is 13.5. The standard InChI is InChI=1S/C33H27ClN4O4S/c1-23(18-24-8-3-2-4-9-24)20-35-37-33-38(21-28-11-7-17-41-28)32(40)30(43-33)19-25-10-5-6-12-29(25)42-22-31(39)36-27-15-13-26(34)14-16-27/h2-20H,21-22H2,1H3,(H,36,39)/b23-18+,30-19-,35-20-,37-33+. The van der Waals surface area contributed by atoms with Crippen LogP contribution in [0.5, 0.6) is 5.75 Å². The van der Waals surface area contributed by atoms with Gasteiger partial charge in [0.05, 0.1) is 23.9 Å². The fraction of sp³-hybridized carbons (Fsp3) is 0.0909. The van der Waals surface area contributed by atoms with Crippen molar-refractivity contribution in [3.05, 3.63) is 130 Å². The second kappa shape index (κ2) is 14.4. The minimum absolute atomic E-state index is 0.201. The molecule has 0 atom stereocenters. The summed E-state index contributed by atoms with van der Waals surface area (Å²) in [5, 5.41) is 12.4. The lowest BCUT2D eigenvalue weighted by molar-refractivity contribution is -0.122. The molecule has 216 valence electrons. The number of hydrogen-bond donors (Lipinski definition) is 1. The van der Waals surface area contributed by atoms with Gasteiger partial charge in [0.1, 0.15) is 11.5 Å². The van der Waals surface area contributed by atoms with Crippen molar-refractivity contribution in [1.82, 2.24) is 4.90 Å². The molecule has 1 aromatic heterocycles. The summed E-state index contributed by atoms with van der Waals surface area (Å²) >= 11 is 7.11. The number of amides is 2. The largest absolute Gasteiger partial charge is 0.483 e. The number of nitrogens with one attached hydrogen (secondary N) is 1. The highest BCUT2D eigenvalue weighted by Crippen LogP contribution is 2.35. The molecule has 10 heteroatoms. The Kier molecular flexibility index (Phi) is 9.89. The molecule has 0 spiro atoms. The van der Waals surface area contributed by atoms with Crippen molar-refractivity contribution in [2.75, 3.05) is 11.9 Å². The molecule has 43 heavy (non-hydrogen) atoms. The zero-order chi connectivity index (χ0) is 30.0. The van der Waals surface area contributed by atoms with Crippen LogP contribution in [0.4, 0.5) is 5.69 Å². The van der Waals surface area contributed by atoms with E-state index in [9.17, 15) is 9.59 Å². The minimum atomic E-state index is -0.329. The summed E-state index contributed by atoms with van der Waals surface area (Å²) in [5.41, 5.74) is 3.21. The van der Waals surface area contributed by atoms with E-state index in [0.29, 0.717) is 37.9 Å². The van der Waals surface area contributed by atoms with Crippen molar-refractivity contribution in [2.24, 2.45) is 10.2 Å². The number of furan rings is 1. The zero-order valence-corrected chi connectivity index (χ0v) is 24.7. The molecule has 8 nitrogen and oxygen atoms in total. The molecular weight excluding hydrogens is 584 g/mol. The van der Waals surface area contributed by atoms with Crippen molar-refractivity contribution in [2.45, 2.75) is 13.5 Å². The second-order valence-electron chi connectivity index (χ2n) is 9.39. The van der Waals surface area contributed by atoms with Gasteiger partial charge in [-0.3, -0.25) is 14.5 Å². The Morgan fingerprint density at radius 3 is 2.56 bits per heavy atom. The Hall–Kier alpha value is -4.86. The highest BCUT2D eigenvalue weighted by molar-refractivity contribution is 8.18. The number of carbonyl (C=O) groups is 2. The van der Waals surface area contributed by atoms with Crippen LogP contribution in [0.1, 0.15) is 23.8 Å². The van der Waals surface area contributed by atoms with Crippen LogP contribution in [0.15, 0.2) is 122 Å². The number of allylic oxidation sites excluding steroid dienone is 1. The summed E-state index contributed by atoms with van der Waals surface area (Å²) in [4.78, 5) is 28.0. The molecular formula is C33H27ClN4O4S. The van der Waals surface area contributed by atoms with Crippen LogP contribution in [0.2, 0.25) is 5.02 Å². The predicted molar refractivity (Wildman–Crippen MR) is 173 cm³/mol. The van der Waals surface area contributed by atoms with Crippen molar-refractivity contribution >= 4 is 64.4 Å². The maximum absolute atomic E-state index is 13.5. The first-order valence-corrected chi connectivity index (χ1v) is 14.5. The topological polar surface area (TPSA) is 96.5 Å². The van der Waals surface area contributed by atoms with E-state index in [1.807, 2.05) is 55.5 Å². The summed E-state index contributed by atoms with van der Waals surface area (Å²) in [7, 11) is 0. The van der Waals surface area contributed by atoms with Crippen molar-refractivity contribution in [3.8, 4) is 5.75 Å². The number of nitrogens with zero attached hydrogens (tertiary/aromatic N) is 3. The number of ether oxygens (including phenoxy) is 1. The lowest BCUT2D eigenvalue weighted by Gasteiger charge is -2.12. The number of rotatable bonds is 10. The fourth-order valence-corrected chi connectivity index (χ4v) is 5.10. The molecule has 0 unspecified atom stereocenters. The molecule has 2 amide bonds. The van der Waals surface area contributed by atoms with E-state index < -0.39 is 0 Å². The second-order valence-corrected chi connectivity index (χ2v) is 10.8. The average molecular weight is 611 g/mol. The van der Waals surface area contributed by atoms with Gasteiger partial charge in [-0.1, -0.05) is 66.2 Å². The Morgan fingerprint density at radius 1 is 1.02 bits per heavy atom. The molecule has 3 aromatic carbocycles. The van der Waals surface area contributed by atoms with Gasteiger partial charge in [0.25, 0.3) is 11.8 Å². The van der Waals surface area contributed by atoms with Gasteiger partial charge in [-0.15, -0.1) is 5.10 Å². The summed E-state index contributed by atoms with van der Waals surface area (Å²) in [6.45, 7) is 1.92. The molecule has 0 saturated carbocycles. The lowest BCUT2D eigenvalue weighted by Crippen LogP contribution is -2.28. The van der Waals surface area contributed by atoms with Crippen LogP contribution in [0, 0.1) is 0 Å². The summed E-state index contributed by atoms with van der Waals surface area (Å²) in [6, 6.07) is 27.5. The van der Waals surface area contributed by atoms with E-state index in [2.05, 4.69) is 15.5 Å². The van der Waals surface area contributed by atoms with E-state index >= 15 is 0 Å². The van der Waals surface area contributed by atoms with Gasteiger partial charge < -0.3 is 14.5 Å². The molecule has 4 aromatic rings. The van der Waals surface area contributed by atoms with Crippen LogP contribution in [-0.4, -0.2) is 34.7 Å². The number of para-hydroxylation sites is 1. The number of hydrogen-bond acceptors (Lipinski definition) is 7. The minimum Gasteiger partial charge on any atom is -0.483 e. The molecule has 1 saturated heterocycles. The van der Waals surface area contributed by atoms with Crippen LogP contribution < -0.4 is 10.1 Å². The van der Waals surface area contributed by atoms with E-state index in [1.54, 1.807) is 67.1 Å². The summed E-state index contributed by atoms with van der Waals surface area (Å²) < 4.78 is 11.3. The molecule has 5 rings (SSSR count). The van der Waals surface area contributed by atoms with Gasteiger partial charge in [0, 0.05) is 16.3 Å². The maximum Gasteiger partial charge on any atom is 0.267 e. The van der Waals surface area contributed by atoms with Crippen molar-refractivity contribution in [1.29, 1.82) is 0 Å². The third kappa shape index (κ3) is 8.34. The highest BCUT2D eigenvalue weighted by Gasteiger charge is 2.34. The number of carbonyl (C=O) groups excluding carboxylic acids is 2. The van der Waals surface area contributed by atoms with Crippen molar-refractivity contribution < 1.29 is 18.7 Å². The number of halogens is 1. The molecule has 0 bridgehead atoms. The molecule has 1 N–H and O–H groups in total. The molecule has 1 aliphatic heterocycles. The van der Waals surface area contributed by atoms with Gasteiger partial charge in [-0.25, -0.2) is 0 Å². The first-order valence-electron chi connectivity index (χ1n) is 13.3. The number of benzene rings is 3. The third-order valence-corrected chi connectivity index (χ3v) is 7.32. The van der Waals surface area contributed by atoms with Crippen LogP contribution in [-0.2, 0) is 16.1 Å². The summed E-state index contributed by atoms with van der Waals surface area (Å²) in [6.07, 6.45) is 6.93. The van der Waals surface area contributed by atoms with Gasteiger partial charge in [0.2, 0.25) is 0 Å².